The first-order valence-electron chi connectivity index (χ1n) is 12.1. The van der Waals surface area contributed by atoms with Crippen LogP contribution in [0.1, 0.15) is 85.0 Å². The fraction of sp³-hybridized carbons (Fsp3) is 0.750. The zero-order valence-corrected chi connectivity index (χ0v) is 20.1. The predicted octanol–water partition coefficient (Wildman–Crippen LogP) is 3.13. The summed E-state index contributed by atoms with van der Waals surface area (Å²) in [7, 11) is 0. The van der Waals surface area contributed by atoms with Gasteiger partial charge < -0.3 is 20.5 Å². The number of carboxylic acids is 1. The number of carboxylic acid groups (broad SMARTS) is 1. The van der Waals surface area contributed by atoms with Gasteiger partial charge in [-0.15, -0.1) is 0 Å². The summed E-state index contributed by atoms with van der Waals surface area (Å²) in [5.74, 6) is -2.85. The van der Waals surface area contributed by atoms with Crippen LogP contribution in [0.2, 0.25) is 0 Å². The smallest absolute Gasteiger partial charge is 0.407 e. The maximum atomic E-state index is 11.4. The molecule has 3 amide bonds. The molecular weight excluding hydrogens is 426 g/mol. The molecule has 2 fully saturated rings. The zero-order valence-electron chi connectivity index (χ0n) is 20.1. The van der Waals surface area contributed by atoms with Crippen molar-refractivity contribution in [1.82, 2.24) is 15.5 Å². The highest BCUT2D eigenvalue weighted by molar-refractivity contribution is 6.14. The molecule has 9 heteroatoms. The fourth-order valence-corrected chi connectivity index (χ4v) is 4.37. The number of imide groups is 1. The molecule has 9 nitrogen and oxygen atoms in total. The number of carbonyl (C=O) groups excluding carboxylic acids is 3. The molecule has 3 rings (SSSR count). The lowest BCUT2D eigenvalue weighted by Crippen LogP contribution is -2.51. The third-order valence-corrected chi connectivity index (χ3v) is 5.96. The first-order valence-corrected chi connectivity index (χ1v) is 12.1. The normalized spacial score (nSPS) is 20.8. The monoisotopic (exact) mass is 465 g/mol. The van der Waals surface area contributed by atoms with Crippen molar-refractivity contribution in [1.29, 1.82) is 0 Å². The molecule has 33 heavy (non-hydrogen) atoms. The van der Waals surface area contributed by atoms with E-state index in [1.165, 1.54) is 64.2 Å². The van der Waals surface area contributed by atoms with Crippen molar-refractivity contribution in [2.45, 2.75) is 109 Å². The van der Waals surface area contributed by atoms with Crippen molar-refractivity contribution in [2.24, 2.45) is 0 Å². The Morgan fingerprint density at radius 2 is 1.42 bits per heavy atom. The van der Waals surface area contributed by atoms with Gasteiger partial charge in [0.1, 0.15) is 5.60 Å². The molecule has 2 aliphatic carbocycles. The minimum Gasteiger partial charge on any atom is -0.480 e. The summed E-state index contributed by atoms with van der Waals surface area (Å²) in [6.45, 7) is 4.53. The Bertz CT molecular complexity index is 684. The molecule has 0 bridgehead atoms. The number of carbonyl (C=O) groups is 4. The summed E-state index contributed by atoms with van der Waals surface area (Å²) in [6.07, 6.45) is 15.7. The van der Waals surface area contributed by atoms with Crippen LogP contribution in [0.25, 0.3) is 0 Å². The van der Waals surface area contributed by atoms with Gasteiger partial charge in [-0.3, -0.25) is 14.5 Å². The number of hydrogen-bond donors (Lipinski definition) is 3. The van der Waals surface area contributed by atoms with Crippen molar-refractivity contribution >= 4 is 23.9 Å². The Kier molecular flexibility index (Phi) is 10.3. The molecule has 2 saturated carbocycles. The maximum absolute atomic E-state index is 11.4. The summed E-state index contributed by atoms with van der Waals surface area (Å²) in [5.41, 5.74) is -0.732. The molecule has 0 radical (unpaired) electrons. The third-order valence-electron chi connectivity index (χ3n) is 5.96. The molecule has 0 aromatic carbocycles. The van der Waals surface area contributed by atoms with Gasteiger partial charge in [-0.05, 0) is 46.5 Å². The second-order valence-electron chi connectivity index (χ2n) is 9.95. The Hall–Kier alpha value is -2.42. The minimum absolute atomic E-state index is 0.427. The van der Waals surface area contributed by atoms with Crippen LogP contribution in [0, 0.1) is 0 Å². The SMILES string of the molecule is C1CCC(NC2CCCCC2)CC1.CC(C)(C)OC(=O)NC[C@@H](C(=O)O)N1C(=O)C=CC1=O. The predicted molar refractivity (Wildman–Crippen MR) is 124 cm³/mol. The quantitative estimate of drug-likeness (QED) is 0.515. The van der Waals surface area contributed by atoms with E-state index in [-0.39, 0.29) is 0 Å². The Morgan fingerprint density at radius 1 is 0.970 bits per heavy atom. The number of nitrogens with one attached hydrogen (secondary N) is 2. The fourth-order valence-electron chi connectivity index (χ4n) is 4.37. The van der Waals surface area contributed by atoms with Gasteiger partial charge in [-0.2, -0.15) is 0 Å². The van der Waals surface area contributed by atoms with E-state index in [4.69, 9.17) is 9.84 Å². The molecule has 1 heterocycles. The second kappa shape index (κ2) is 12.7. The van der Waals surface area contributed by atoms with Gasteiger partial charge in [0.2, 0.25) is 0 Å². The van der Waals surface area contributed by atoms with Gasteiger partial charge in [0, 0.05) is 24.2 Å². The van der Waals surface area contributed by atoms with Crippen molar-refractivity contribution in [3.05, 3.63) is 12.2 Å². The average molecular weight is 466 g/mol. The van der Waals surface area contributed by atoms with Crippen molar-refractivity contribution in [2.75, 3.05) is 6.54 Å². The Labute approximate surface area is 196 Å². The summed E-state index contributed by atoms with van der Waals surface area (Å²) in [4.78, 5) is 45.9. The first-order chi connectivity index (χ1) is 15.6. The molecular formula is C24H39N3O6. The van der Waals surface area contributed by atoms with Crippen molar-refractivity contribution in [3.8, 4) is 0 Å². The number of rotatable bonds is 6. The highest BCUT2D eigenvalue weighted by Gasteiger charge is 2.36. The molecule has 3 N–H and O–H groups in total. The van der Waals surface area contributed by atoms with Crippen LogP contribution >= 0.6 is 0 Å². The number of aliphatic carboxylic acids is 1. The molecule has 186 valence electrons. The van der Waals surface area contributed by atoms with Crippen LogP contribution in [0.15, 0.2) is 12.2 Å². The van der Waals surface area contributed by atoms with E-state index in [0.717, 1.165) is 24.2 Å². The van der Waals surface area contributed by atoms with Gasteiger partial charge in [-0.1, -0.05) is 38.5 Å². The standard InChI is InChI=1S/C12H16N2O6.C12H23N/c1-12(2,3)20-11(19)13-6-7(10(17)18)14-8(15)4-5-9(14)16;1-3-7-11(8-4-1)13-12-9-5-2-6-10-12/h4-5,7H,6H2,1-3H3,(H,13,19)(H,17,18);11-13H,1-10H2/t7-;/m0./s1. The molecule has 0 unspecified atom stereocenters. The van der Waals surface area contributed by atoms with Crippen LogP contribution in [0.3, 0.4) is 0 Å². The first kappa shape index (κ1) is 26.8. The molecule has 0 aromatic rings. The van der Waals surface area contributed by atoms with Gasteiger partial charge in [-0.25, -0.2) is 9.59 Å². The van der Waals surface area contributed by atoms with Crippen molar-refractivity contribution < 1.29 is 29.0 Å². The van der Waals surface area contributed by atoms with Gasteiger partial charge in [0.05, 0.1) is 6.54 Å². The van der Waals surface area contributed by atoms with Crippen LogP contribution < -0.4 is 10.6 Å². The number of alkyl carbamates (subject to hydrolysis) is 1. The number of hydrogen-bond acceptors (Lipinski definition) is 6. The Balaban J connectivity index is 0.000000254. The van der Waals surface area contributed by atoms with Crippen LogP contribution in [0.4, 0.5) is 4.79 Å². The lowest BCUT2D eigenvalue weighted by atomic mass is 9.91. The lowest BCUT2D eigenvalue weighted by Gasteiger charge is -2.30. The zero-order chi connectivity index (χ0) is 24.4. The van der Waals surface area contributed by atoms with E-state index in [1.54, 1.807) is 20.8 Å². The van der Waals surface area contributed by atoms with Gasteiger partial charge in [0.25, 0.3) is 11.8 Å². The topological polar surface area (TPSA) is 125 Å². The summed E-state index contributed by atoms with van der Waals surface area (Å²) in [6, 6.07) is 0.270. The van der Waals surface area contributed by atoms with Crippen LogP contribution in [-0.4, -0.2) is 64.2 Å². The van der Waals surface area contributed by atoms with Crippen LogP contribution in [0.5, 0.6) is 0 Å². The lowest BCUT2D eigenvalue weighted by molar-refractivity contribution is -0.153. The molecule has 0 aromatic heterocycles. The molecule has 1 atom stereocenters. The summed E-state index contributed by atoms with van der Waals surface area (Å²) >= 11 is 0. The van der Waals surface area contributed by atoms with E-state index in [0.29, 0.717) is 4.90 Å². The van der Waals surface area contributed by atoms with E-state index in [2.05, 4.69) is 10.6 Å². The van der Waals surface area contributed by atoms with Gasteiger partial charge >= 0.3 is 12.1 Å². The highest BCUT2D eigenvalue weighted by Crippen LogP contribution is 2.22. The summed E-state index contributed by atoms with van der Waals surface area (Å²) in [5, 5.41) is 15.1. The highest BCUT2D eigenvalue weighted by atomic mass is 16.6. The van der Waals surface area contributed by atoms with Crippen molar-refractivity contribution in [3.63, 3.8) is 0 Å². The summed E-state index contributed by atoms with van der Waals surface area (Å²) < 4.78 is 4.94. The Morgan fingerprint density at radius 3 is 1.82 bits per heavy atom. The van der Waals surface area contributed by atoms with E-state index in [1.807, 2.05) is 0 Å². The molecule has 0 saturated heterocycles. The largest absolute Gasteiger partial charge is 0.480 e. The molecule has 3 aliphatic rings. The van der Waals surface area contributed by atoms with E-state index >= 15 is 0 Å². The third kappa shape index (κ3) is 9.53. The number of nitrogens with zero attached hydrogens (tertiary/aromatic N) is 1. The number of ether oxygens (including phenoxy) is 1. The average Bonchev–Trinajstić information content (AvgIpc) is 3.07. The second-order valence-corrected chi connectivity index (χ2v) is 9.95. The molecule has 0 spiro atoms. The number of amides is 3. The minimum atomic E-state index is -1.47. The van der Waals surface area contributed by atoms with Gasteiger partial charge in [0.15, 0.2) is 6.04 Å². The van der Waals surface area contributed by atoms with Crippen LogP contribution in [-0.2, 0) is 19.1 Å². The van der Waals surface area contributed by atoms with E-state index < -0.39 is 42.1 Å². The van der Waals surface area contributed by atoms with E-state index in [9.17, 15) is 19.2 Å². The maximum Gasteiger partial charge on any atom is 0.407 e. The molecule has 1 aliphatic heterocycles.